The number of aromatic nitrogens is 1. The quantitative estimate of drug-likeness (QED) is 0.333. The van der Waals surface area contributed by atoms with E-state index in [9.17, 15) is 27.6 Å². The number of carbonyl (C=O) groups excluding carboxylic acids is 4. The first-order chi connectivity index (χ1) is 25.5. The number of benzene rings is 1. The predicted octanol–water partition coefficient (Wildman–Crippen LogP) is 2.40. The number of nitrogens with zero attached hydrogens (tertiary/aromatic N) is 3. The van der Waals surface area contributed by atoms with Crippen molar-refractivity contribution in [2.75, 3.05) is 45.9 Å². The lowest BCUT2D eigenvalue weighted by Crippen LogP contribution is -2.58. The van der Waals surface area contributed by atoms with E-state index < -0.39 is 74.3 Å². The summed E-state index contributed by atoms with van der Waals surface area (Å²) in [6.45, 7) is 5.47. The molecule has 6 rings (SSSR count). The van der Waals surface area contributed by atoms with Crippen LogP contribution >= 0.6 is 0 Å². The van der Waals surface area contributed by atoms with Gasteiger partial charge in [-0.25, -0.2) is 13.2 Å². The van der Waals surface area contributed by atoms with Gasteiger partial charge in [-0.15, -0.1) is 0 Å². The highest BCUT2D eigenvalue weighted by Crippen LogP contribution is 2.46. The Labute approximate surface area is 315 Å². The van der Waals surface area contributed by atoms with Gasteiger partial charge in [-0.3, -0.25) is 19.1 Å². The number of hydrogen-bond donors (Lipinski definition) is 3. The summed E-state index contributed by atoms with van der Waals surface area (Å²) < 4.78 is 51.1. The molecule has 0 spiro atoms. The minimum Gasteiger partial charge on any atom is -0.497 e. The van der Waals surface area contributed by atoms with Gasteiger partial charge in [0, 0.05) is 44.8 Å². The molecular weight excluding hydrogens is 721 g/mol. The maximum atomic E-state index is 14.5. The molecule has 0 radical (unpaired) electrons. The molecule has 294 valence electrons. The molecule has 1 aromatic heterocycles. The molecule has 4 amide bonds. The van der Waals surface area contributed by atoms with E-state index in [-0.39, 0.29) is 38.3 Å². The van der Waals surface area contributed by atoms with Crippen molar-refractivity contribution < 1.29 is 46.5 Å². The van der Waals surface area contributed by atoms with Crippen molar-refractivity contribution in [3.8, 4) is 11.6 Å². The molecule has 1 saturated heterocycles. The number of anilines is 1. The first-order valence-electron chi connectivity index (χ1n) is 18.2. The van der Waals surface area contributed by atoms with Crippen molar-refractivity contribution in [1.82, 2.24) is 25.2 Å². The molecule has 5 atom stereocenters. The molecular formula is C37H50N6O10S. The highest BCUT2D eigenvalue weighted by Gasteiger charge is 2.62. The number of methoxy groups -OCH3 is 1. The molecule has 2 saturated carbocycles. The molecule has 2 aromatic rings. The van der Waals surface area contributed by atoms with Crippen LogP contribution in [0.2, 0.25) is 0 Å². The number of carbonyl (C=O) groups is 4. The fraction of sp³-hybridized carbons (Fsp3) is 0.595. The van der Waals surface area contributed by atoms with Crippen LogP contribution in [0.25, 0.3) is 10.8 Å². The zero-order valence-electron chi connectivity index (χ0n) is 31.5. The maximum absolute atomic E-state index is 14.5. The van der Waals surface area contributed by atoms with Gasteiger partial charge in [0.15, 0.2) is 0 Å². The summed E-state index contributed by atoms with van der Waals surface area (Å²) in [4.78, 5) is 63.4. The van der Waals surface area contributed by atoms with Gasteiger partial charge >= 0.3 is 6.09 Å². The highest BCUT2D eigenvalue weighted by atomic mass is 32.2. The Morgan fingerprint density at radius 1 is 1.11 bits per heavy atom. The summed E-state index contributed by atoms with van der Waals surface area (Å²) in [6, 6.07) is 5.06. The summed E-state index contributed by atoms with van der Waals surface area (Å²) in [5, 5.41) is 6.36. The summed E-state index contributed by atoms with van der Waals surface area (Å²) in [5.74, 6) is -1.01. The third-order valence-corrected chi connectivity index (χ3v) is 11.7. The average Bonchev–Trinajstić information content (AvgIpc) is 4.02. The first kappa shape index (κ1) is 39.1. The molecule has 1 aromatic carbocycles. The molecule has 3 N–H and O–H groups in total. The number of nitrogens with one attached hydrogen (secondary N) is 3. The van der Waals surface area contributed by atoms with Crippen molar-refractivity contribution >= 4 is 50.4 Å². The Balaban J connectivity index is 1.34. The van der Waals surface area contributed by atoms with Gasteiger partial charge in [-0.1, -0.05) is 12.2 Å². The fourth-order valence-corrected chi connectivity index (χ4v) is 8.12. The number of fused-ring (bicyclic) bond motifs is 3. The summed E-state index contributed by atoms with van der Waals surface area (Å²) >= 11 is 0. The normalized spacial score (nSPS) is 27.0. The van der Waals surface area contributed by atoms with Crippen LogP contribution in [0.3, 0.4) is 0 Å². The molecule has 2 aliphatic heterocycles. The van der Waals surface area contributed by atoms with Gasteiger partial charge in [0.2, 0.25) is 27.7 Å². The van der Waals surface area contributed by atoms with Crippen LogP contribution in [0, 0.1) is 5.92 Å². The molecule has 3 heterocycles. The molecule has 4 aliphatic rings. The van der Waals surface area contributed by atoms with Crippen molar-refractivity contribution in [1.29, 1.82) is 0 Å². The number of ether oxygens (including phenoxy) is 4. The Morgan fingerprint density at radius 3 is 2.56 bits per heavy atom. The largest absolute Gasteiger partial charge is 0.497 e. The van der Waals surface area contributed by atoms with E-state index in [0.29, 0.717) is 42.8 Å². The van der Waals surface area contributed by atoms with Crippen LogP contribution in [-0.2, 0) is 33.9 Å². The van der Waals surface area contributed by atoms with E-state index in [1.807, 2.05) is 43.3 Å². The Bertz CT molecular complexity index is 1930. The fourth-order valence-electron chi connectivity index (χ4n) is 6.76. The Hall–Kier alpha value is -4.64. The number of alkyl carbamates (subject to hydrolysis) is 1. The molecule has 3 fully saturated rings. The maximum Gasteiger partial charge on any atom is 0.408 e. The van der Waals surface area contributed by atoms with Gasteiger partial charge in [0.05, 0.1) is 25.5 Å². The van der Waals surface area contributed by atoms with Crippen molar-refractivity contribution in [3.05, 3.63) is 36.4 Å². The topological polar surface area (TPSA) is 195 Å². The standard InChI is InChI=1S/C37H50N6O10S/c1-36(2,3)53-35(47)38-28-14-16-51-15-8-7-9-23-20-37(23,34(46)41-54(48,49)26-11-12-26)40-31(44)29-19-25(21-43(29)33(28)45)52-32-27-13-10-24(50-6)17-22(27)18-30(39-32)42(4)5/h7,9-10,13,17-18,23,25-26,28-29H,8,11-12,14-16,19-21H2,1-6H3,(H,38,47)(H,40,44)(H,41,46)/b9-7-/t23-,25-,28+,29+,37-/m1/s1. The number of sulfonamides is 1. The van der Waals surface area contributed by atoms with Crippen LogP contribution in [0.5, 0.6) is 11.6 Å². The van der Waals surface area contributed by atoms with Crippen LogP contribution in [0.1, 0.15) is 59.3 Å². The predicted molar refractivity (Wildman–Crippen MR) is 199 cm³/mol. The van der Waals surface area contributed by atoms with Crippen LogP contribution in [0.15, 0.2) is 36.4 Å². The highest BCUT2D eigenvalue weighted by molar-refractivity contribution is 7.91. The Kier molecular flexibility index (Phi) is 11.0. The lowest BCUT2D eigenvalue weighted by Gasteiger charge is -2.30. The summed E-state index contributed by atoms with van der Waals surface area (Å²) in [6.07, 6.45) is 3.71. The van der Waals surface area contributed by atoms with E-state index >= 15 is 0 Å². The summed E-state index contributed by atoms with van der Waals surface area (Å²) in [5.41, 5.74) is -2.39. The number of pyridine rings is 1. The zero-order valence-corrected chi connectivity index (χ0v) is 32.4. The summed E-state index contributed by atoms with van der Waals surface area (Å²) in [7, 11) is 1.35. The van der Waals surface area contributed by atoms with Gasteiger partial charge in [-0.2, -0.15) is 4.98 Å². The third-order valence-electron chi connectivity index (χ3n) is 9.88. The Morgan fingerprint density at radius 2 is 1.87 bits per heavy atom. The minimum atomic E-state index is -3.91. The van der Waals surface area contributed by atoms with Crippen molar-refractivity contribution in [2.24, 2.45) is 5.92 Å². The van der Waals surface area contributed by atoms with Gasteiger partial charge in [0.1, 0.15) is 40.9 Å². The first-order valence-corrected chi connectivity index (χ1v) is 19.8. The van der Waals surface area contributed by atoms with E-state index in [0.717, 1.165) is 5.39 Å². The van der Waals surface area contributed by atoms with Crippen LogP contribution in [0.4, 0.5) is 10.6 Å². The monoisotopic (exact) mass is 770 g/mol. The number of amides is 4. The van der Waals surface area contributed by atoms with Gasteiger partial charge < -0.3 is 39.4 Å². The van der Waals surface area contributed by atoms with Gasteiger partial charge in [0.25, 0.3) is 5.91 Å². The van der Waals surface area contributed by atoms with Crippen LogP contribution in [-0.4, -0.2) is 118 Å². The van der Waals surface area contributed by atoms with Crippen LogP contribution < -0.4 is 29.7 Å². The van der Waals surface area contributed by atoms with Crippen molar-refractivity contribution in [3.63, 3.8) is 0 Å². The lowest BCUT2D eigenvalue weighted by molar-refractivity contribution is -0.141. The van der Waals surface area contributed by atoms with Gasteiger partial charge in [-0.05, 0) is 76.1 Å². The van der Waals surface area contributed by atoms with E-state index in [1.54, 1.807) is 40.0 Å². The second-order valence-electron chi connectivity index (χ2n) is 15.5. The molecule has 54 heavy (non-hydrogen) atoms. The zero-order chi connectivity index (χ0) is 39.0. The third kappa shape index (κ3) is 8.83. The second-order valence-corrected chi connectivity index (χ2v) is 17.5. The molecule has 2 aliphatic carbocycles. The molecule has 16 nitrogen and oxygen atoms in total. The number of rotatable bonds is 8. The van der Waals surface area contributed by atoms with E-state index in [1.165, 1.54) is 4.90 Å². The molecule has 0 bridgehead atoms. The van der Waals surface area contributed by atoms with E-state index in [2.05, 4.69) is 15.4 Å². The lowest BCUT2D eigenvalue weighted by atomic mass is 10.1. The molecule has 0 unspecified atom stereocenters. The SMILES string of the molecule is COc1ccc2c(O[C@@H]3C[C@H]4C(=O)N[C@]5(C(=O)NS(=O)(=O)C6CC6)C[C@H]5/C=C\CCOCC[C@H](NC(=O)OC(C)(C)C)C(=O)N4C3)nc(N(C)C)cc2c1. The smallest absolute Gasteiger partial charge is 0.408 e. The van der Waals surface area contributed by atoms with E-state index in [4.69, 9.17) is 23.9 Å². The van der Waals surface area contributed by atoms with Crippen molar-refractivity contribution in [2.45, 2.75) is 93.9 Å². The molecule has 17 heteroatoms. The second kappa shape index (κ2) is 15.2. The minimum absolute atomic E-state index is 0.0112. The average molecular weight is 771 g/mol. The number of hydrogen-bond acceptors (Lipinski definition) is 12.